The van der Waals surface area contributed by atoms with Gasteiger partial charge in [-0.1, -0.05) is 54.6 Å². The van der Waals surface area contributed by atoms with Crippen molar-refractivity contribution in [1.82, 2.24) is 10.6 Å². The van der Waals surface area contributed by atoms with Crippen molar-refractivity contribution in [1.29, 1.82) is 5.41 Å². The normalized spacial score (nSPS) is 10.9. The third-order valence-electron chi connectivity index (χ3n) is 3.56. The molecule has 7 nitrogen and oxygen atoms in total. The maximum Gasteiger partial charge on any atom is 0.413 e. The minimum Gasteiger partial charge on any atom is -0.444 e. The predicted octanol–water partition coefficient (Wildman–Crippen LogP) is 2.32. The van der Waals surface area contributed by atoms with Gasteiger partial charge < -0.3 is 15.8 Å². The van der Waals surface area contributed by atoms with Crippen LogP contribution in [0.2, 0.25) is 0 Å². The lowest BCUT2D eigenvalue weighted by atomic mass is 10.1. The second-order valence-electron chi connectivity index (χ2n) is 5.77. The molecule has 0 radical (unpaired) electrons. The molecule has 5 N–H and O–H groups in total. The minimum atomic E-state index is -0.688. The van der Waals surface area contributed by atoms with Gasteiger partial charge in [-0.3, -0.25) is 15.5 Å². The van der Waals surface area contributed by atoms with Crippen LogP contribution in [0.4, 0.5) is 4.79 Å². The molecule has 0 bridgehead atoms. The molecule has 2 aromatic rings. The van der Waals surface area contributed by atoms with E-state index in [0.29, 0.717) is 12.1 Å². The van der Waals surface area contributed by atoms with E-state index in [2.05, 4.69) is 10.6 Å². The van der Waals surface area contributed by atoms with Crippen molar-refractivity contribution < 1.29 is 14.3 Å². The summed E-state index contributed by atoms with van der Waals surface area (Å²) in [5.74, 6) is -0.293. The Labute approximate surface area is 164 Å². The lowest BCUT2D eigenvalue weighted by Gasteiger charge is -2.10. The largest absolute Gasteiger partial charge is 0.444 e. The topological polar surface area (TPSA) is 117 Å². The van der Waals surface area contributed by atoms with Crippen molar-refractivity contribution in [3.8, 4) is 0 Å². The first kappa shape index (κ1) is 22.1. The Morgan fingerprint density at radius 3 is 2.30 bits per heavy atom. The van der Waals surface area contributed by atoms with Gasteiger partial charge in [0.2, 0.25) is 5.91 Å². The maximum atomic E-state index is 11.8. The first-order chi connectivity index (χ1) is 12.5. The van der Waals surface area contributed by atoms with Gasteiger partial charge in [-0.05, 0) is 18.1 Å². The van der Waals surface area contributed by atoms with Crippen LogP contribution in [0.25, 0.3) is 0 Å². The molecule has 0 saturated carbocycles. The number of nitrogens with one attached hydrogen (secondary N) is 3. The molecule has 0 aliphatic heterocycles. The summed E-state index contributed by atoms with van der Waals surface area (Å²) in [6, 6.07) is 15.6. The average Bonchev–Trinajstić information content (AvgIpc) is 2.65. The van der Waals surface area contributed by atoms with Crippen LogP contribution in [0.1, 0.15) is 23.6 Å². The summed E-state index contributed by atoms with van der Waals surface area (Å²) in [5.41, 5.74) is 7.74. The molecule has 8 heteroatoms. The van der Waals surface area contributed by atoms with E-state index in [1.54, 1.807) is 31.2 Å². The predicted molar refractivity (Wildman–Crippen MR) is 106 cm³/mol. The number of rotatable bonds is 6. The minimum absolute atomic E-state index is 0. The molecule has 2 rings (SSSR count). The van der Waals surface area contributed by atoms with Crippen molar-refractivity contribution in [3.05, 3.63) is 71.3 Å². The van der Waals surface area contributed by atoms with Crippen LogP contribution < -0.4 is 16.4 Å². The zero-order chi connectivity index (χ0) is 18.9. The van der Waals surface area contributed by atoms with Gasteiger partial charge in [0.15, 0.2) is 0 Å². The number of hydrogen-bond donors (Lipinski definition) is 4. The third kappa shape index (κ3) is 7.47. The zero-order valence-corrected chi connectivity index (χ0v) is 15.7. The number of carbonyl (C=O) groups excluding carboxylic acids is 2. The van der Waals surface area contributed by atoms with Crippen molar-refractivity contribution in [3.63, 3.8) is 0 Å². The molecule has 0 aliphatic rings. The first-order valence-electron chi connectivity index (χ1n) is 8.14. The molecule has 27 heavy (non-hydrogen) atoms. The van der Waals surface area contributed by atoms with Crippen molar-refractivity contribution in [2.24, 2.45) is 5.73 Å². The van der Waals surface area contributed by atoms with E-state index in [4.69, 9.17) is 15.9 Å². The molecule has 144 valence electrons. The molecule has 0 aromatic heterocycles. The summed E-state index contributed by atoms with van der Waals surface area (Å²) >= 11 is 0. The van der Waals surface area contributed by atoms with E-state index >= 15 is 0 Å². The van der Waals surface area contributed by atoms with Gasteiger partial charge in [-0.25, -0.2) is 4.79 Å². The number of hydrogen-bond acceptors (Lipinski definition) is 5. The Kier molecular flexibility index (Phi) is 8.98. The van der Waals surface area contributed by atoms with E-state index in [9.17, 15) is 9.59 Å². The number of nitrogens with two attached hydrogens (primary N) is 1. The number of amides is 2. The highest BCUT2D eigenvalue weighted by Crippen LogP contribution is 2.05. The average molecular weight is 391 g/mol. The summed E-state index contributed by atoms with van der Waals surface area (Å²) in [5, 5.41) is 13.0. The quantitative estimate of drug-likeness (QED) is 0.447. The van der Waals surface area contributed by atoms with E-state index in [0.717, 1.165) is 11.1 Å². The van der Waals surface area contributed by atoms with Crippen molar-refractivity contribution in [2.45, 2.75) is 26.1 Å². The van der Waals surface area contributed by atoms with Gasteiger partial charge in [0.25, 0.3) is 0 Å². The van der Waals surface area contributed by atoms with Crippen LogP contribution >= 0.6 is 12.4 Å². The number of benzene rings is 2. The molecule has 0 aliphatic carbocycles. The fourth-order valence-electron chi connectivity index (χ4n) is 2.07. The fraction of sp³-hybridized carbons (Fsp3) is 0.211. The number of halogens is 1. The Hall–Kier alpha value is -2.90. The number of alkyl carbamates (subject to hydrolysis) is 1. The lowest BCUT2D eigenvalue weighted by molar-refractivity contribution is -0.122. The monoisotopic (exact) mass is 390 g/mol. The molecule has 1 unspecified atom stereocenters. The van der Waals surface area contributed by atoms with Crippen LogP contribution in [-0.2, 0) is 22.7 Å². The Bertz CT molecular complexity index is 764. The maximum absolute atomic E-state index is 11.8. The molecule has 2 amide bonds. The zero-order valence-electron chi connectivity index (χ0n) is 14.9. The summed E-state index contributed by atoms with van der Waals surface area (Å²) in [4.78, 5) is 23.2. The standard InChI is InChI=1S/C19H22N4O3.ClH/c1-13(20)18(24)22-11-14-7-9-16(10-8-14)17(21)23-19(25)26-12-15-5-3-2-4-6-15;/h2-10,13H,11-12,20H2,1H3,(H,22,24)(H2,21,23,25);1H. The van der Waals surface area contributed by atoms with Gasteiger partial charge in [0.05, 0.1) is 6.04 Å². The number of carbonyl (C=O) groups is 2. The van der Waals surface area contributed by atoms with Crippen molar-refractivity contribution in [2.75, 3.05) is 0 Å². The first-order valence-corrected chi connectivity index (χ1v) is 8.14. The number of ether oxygens (including phenoxy) is 1. The lowest BCUT2D eigenvalue weighted by Crippen LogP contribution is -2.37. The third-order valence-corrected chi connectivity index (χ3v) is 3.56. The van der Waals surface area contributed by atoms with E-state index < -0.39 is 12.1 Å². The Balaban J connectivity index is 0.00000364. The Morgan fingerprint density at radius 1 is 1.07 bits per heavy atom. The molecule has 0 spiro atoms. The van der Waals surface area contributed by atoms with Crippen LogP contribution in [0.3, 0.4) is 0 Å². The van der Waals surface area contributed by atoms with Gasteiger partial charge in [0, 0.05) is 12.1 Å². The Morgan fingerprint density at radius 2 is 1.70 bits per heavy atom. The molecule has 0 heterocycles. The highest BCUT2D eigenvalue weighted by molar-refractivity contribution is 6.04. The van der Waals surface area contributed by atoms with Crippen LogP contribution in [-0.4, -0.2) is 23.9 Å². The summed E-state index contributed by atoms with van der Waals surface area (Å²) < 4.78 is 5.08. The SMILES string of the molecule is CC(N)C(=O)NCc1ccc(C(=N)NC(=O)OCc2ccccc2)cc1.Cl. The summed E-state index contributed by atoms with van der Waals surface area (Å²) in [6.45, 7) is 2.10. The second kappa shape index (κ2) is 10.9. The molecule has 2 aromatic carbocycles. The van der Waals surface area contributed by atoms with Gasteiger partial charge >= 0.3 is 6.09 Å². The van der Waals surface area contributed by atoms with Gasteiger partial charge in [-0.2, -0.15) is 0 Å². The van der Waals surface area contributed by atoms with Crippen LogP contribution in [0, 0.1) is 5.41 Å². The fourth-order valence-corrected chi connectivity index (χ4v) is 2.07. The number of amidine groups is 1. The summed E-state index contributed by atoms with van der Waals surface area (Å²) in [6.07, 6.45) is -0.688. The van der Waals surface area contributed by atoms with Gasteiger partial charge in [-0.15, -0.1) is 12.4 Å². The second-order valence-corrected chi connectivity index (χ2v) is 5.77. The van der Waals surface area contributed by atoms with Crippen LogP contribution in [0.5, 0.6) is 0 Å². The molecule has 0 fully saturated rings. The molecule has 1 atom stereocenters. The van der Waals surface area contributed by atoms with E-state index in [1.807, 2.05) is 30.3 Å². The molecular formula is C19H23ClN4O3. The molecular weight excluding hydrogens is 368 g/mol. The van der Waals surface area contributed by atoms with E-state index in [-0.39, 0.29) is 30.8 Å². The summed E-state index contributed by atoms with van der Waals surface area (Å²) in [7, 11) is 0. The van der Waals surface area contributed by atoms with Crippen LogP contribution in [0.15, 0.2) is 54.6 Å². The van der Waals surface area contributed by atoms with Crippen molar-refractivity contribution >= 4 is 30.2 Å². The molecule has 0 saturated heterocycles. The highest BCUT2D eigenvalue weighted by atomic mass is 35.5. The van der Waals surface area contributed by atoms with Gasteiger partial charge in [0.1, 0.15) is 12.4 Å². The van der Waals surface area contributed by atoms with E-state index in [1.165, 1.54) is 0 Å². The highest BCUT2D eigenvalue weighted by Gasteiger charge is 2.09. The smallest absolute Gasteiger partial charge is 0.413 e.